The van der Waals surface area contributed by atoms with Gasteiger partial charge in [-0.05, 0) is 63.0 Å². The second kappa shape index (κ2) is 14.1. The van der Waals surface area contributed by atoms with Crippen molar-refractivity contribution in [3.05, 3.63) is 35.9 Å². The Hall–Kier alpha value is -1.96. The number of carbonyl (C=O) groups is 2. The lowest BCUT2D eigenvalue weighted by molar-refractivity contribution is -0.132. The van der Waals surface area contributed by atoms with Gasteiger partial charge in [0.05, 0.1) is 24.7 Å². The summed E-state index contributed by atoms with van der Waals surface area (Å²) in [4.78, 5) is 28.1. The number of likely N-dealkylation sites (tertiary alicyclic amines) is 1. The zero-order valence-electron chi connectivity index (χ0n) is 22.7. The van der Waals surface area contributed by atoms with E-state index in [1.54, 1.807) is 0 Å². The number of rotatable bonds is 12. The fraction of sp³-hybridized carbons (Fsp3) is 0.724. The summed E-state index contributed by atoms with van der Waals surface area (Å²) < 4.78 is 0. The zero-order valence-corrected chi connectivity index (χ0v) is 22.7. The number of piperidine rings is 1. The van der Waals surface area contributed by atoms with Crippen LogP contribution in [0.4, 0.5) is 0 Å². The van der Waals surface area contributed by atoms with Gasteiger partial charge in [-0.2, -0.15) is 0 Å². The van der Waals surface area contributed by atoms with E-state index < -0.39 is 12.1 Å². The molecule has 0 radical (unpaired) electrons. The molecule has 1 aliphatic carbocycles. The van der Waals surface area contributed by atoms with Gasteiger partial charge in [-0.15, -0.1) is 0 Å². The van der Waals surface area contributed by atoms with Crippen LogP contribution in [0.1, 0.15) is 65.4 Å². The van der Waals surface area contributed by atoms with Crippen LogP contribution in [0.2, 0.25) is 0 Å². The Balaban J connectivity index is 1.72. The van der Waals surface area contributed by atoms with E-state index in [2.05, 4.69) is 34.7 Å². The van der Waals surface area contributed by atoms with Gasteiger partial charge < -0.3 is 21.1 Å². The van der Waals surface area contributed by atoms with E-state index in [1.165, 1.54) is 25.7 Å². The normalized spacial score (nSPS) is 24.2. The molecule has 1 aromatic carbocycles. The second-order valence-electron chi connectivity index (χ2n) is 11.6. The summed E-state index contributed by atoms with van der Waals surface area (Å²) in [5.74, 6) is 1.57. The summed E-state index contributed by atoms with van der Waals surface area (Å²) in [7, 11) is 0. The molecule has 7 nitrogen and oxygen atoms in total. The zero-order chi connectivity index (χ0) is 26.1. The van der Waals surface area contributed by atoms with Crippen LogP contribution in [-0.4, -0.2) is 72.2 Å². The van der Waals surface area contributed by atoms with Crippen molar-refractivity contribution in [3.8, 4) is 0 Å². The van der Waals surface area contributed by atoms with Crippen molar-refractivity contribution in [1.29, 1.82) is 0 Å². The van der Waals surface area contributed by atoms with E-state index in [-0.39, 0.29) is 30.4 Å². The van der Waals surface area contributed by atoms with Crippen molar-refractivity contribution in [1.82, 2.24) is 20.9 Å². The highest BCUT2D eigenvalue weighted by atomic mass is 16.3. The number of β-amino-alcohol motifs (C(OH)–C–C–N with tert-alkyl or cyclic N) is 1. The number of nitrogens with zero attached hydrogens (tertiary/aromatic N) is 1. The number of hydrogen-bond acceptors (Lipinski definition) is 5. The number of aliphatic hydroxyl groups excluding tert-OH is 1. The van der Waals surface area contributed by atoms with Gasteiger partial charge in [-0.25, -0.2) is 0 Å². The molecule has 1 saturated heterocycles. The van der Waals surface area contributed by atoms with Crippen LogP contribution in [0, 0.1) is 17.8 Å². The number of benzene rings is 1. The van der Waals surface area contributed by atoms with Gasteiger partial charge in [0, 0.05) is 19.1 Å². The van der Waals surface area contributed by atoms with Crippen LogP contribution in [0.25, 0.3) is 0 Å². The highest BCUT2D eigenvalue weighted by Crippen LogP contribution is 2.38. The van der Waals surface area contributed by atoms with Gasteiger partial charge in [-0.3, -0.25) is 14.5 Å². The minimum absolute atomic E-state index is 0.0581. The quantitative estimate of drug-likeness (QED) is 0.354. The first-order valence-corrected chi connectivity index (χ1v) is 14.0. The molecule has 4 N–H and O–H groups in total. The third kappa shape index (κ3) is 8.86. The summed E-state index contributed by atoms with van der Waals surface area (Å²) in [6.07, 6.45) is 5.50. The van der Waals surface area contributed by atoms with Gasteiger partial charge in [0.25, 0.3) is 0 Å². The molecule has 0 aromatic heterocycles. The molecule has 202 valence electrons. The van der Waals surface area contributed by atoms with E-state index in [0.717, 1.165) is 25.1 Å². The largest absolute Gasteiger partial charge is 0.390 e. The number of aliphatic hydroxyl groups is 1. The van der Waals surface area contributed by atoms with Crippen LogP contribution >= 0.6 is 0 Å². The van der Waals surface area contributed by atoms with Crippen LogP contribution in [0.5, 0.6) is 0 Å². The molecule has 1 aliphatic heterocycles. The molecule has 2 amide bonds. The molecule has 5 unspecified atom stereocenters. The Morgan fingerprint density at radius 1 is 1.03 bits per heavy atom. The van der Waals surface area contributed by atoms with Crippen LogP contribution < -0.4 is 16.0 Å². The summed E-state index contributed by atoms with van der Waals surface area (Å²) in [5, 5.41) is 20.8. The maximum Gasteiger partial charge on any atom is 0.237 e. The van der Waals surface area contributed by atoms with Gasteiger partial charge in [-0.1, -0.05) is 63.4 Å². The Bertz CT molecular complexity index is 816. The fourth-order valence-corrected chi connectivity index (χ4v) is 5.81. The van der Waals surface area contributed by atoms with Gasteiger partial charge in [0.15, 0.2) is 0 Å². The Morgan fingerprint density at radius 3 is 2.39 bits per heavy atom. The van der Waals surface area contributed by atoms with Gasteiger partial charge >= 0.3 is 0 Å². The molecular weight excluding hydrogens is 452 g/mol. The SMILES string of the molecule is CC(C)CNCC(=O)NC(Cc1ccccc1)C(O)CN1CC2CCCCC2CC1C(=O)NC(C)C. The first-order chi connectivity index (χ1) is 17.2. The predicted octanol–water partition coefficient (Wildman–Crippen LogP) is 2.73. The first-order valence-electron chi connectivity index (χ1n) is 14.0. The molecule has 2 fully saturated rings. The smallest absolute Gasteiger partial charge is 0.237 e. The molecule has 0 bridgehead atoms. The van der Waals surface area contributed by atoms with Crippen molar-refractivity contribution in [2.75, 3.05) is 26.2 Å². The first kappa shape index (κ1) is 28.6. The van der Waals surface area contributed by atoms with E-state index in [0.29, 0.717) is 30.7 Å². The van der Waals surface area contributed by atoms with Crippen molar-refractivity contribution in [2.24, 2.45) is 17.8 Å². The monoisotopic (exact) mass is 500 g/mol. The number of amides is 2. The summed E-state index contributed by atoms with van der Waals surface area (Å²) in [5.41, 5.74) is 1.07. The molecule has 5 atom stereocenters. The standard InChI is InChI=1S/C29H48N4O3/c1-20(2)16-30-17-28(35)32-25(14-22-10-6-5-7-11-22)27(34)19-33-18-24-13-9-8-12-23(24)15-26(33)29(36)31-21(3)4/h5-7,10-11,20-21,23-27,30,34H,8-9,12-19H2,1-4H3,(H,31,36)(H,32,35). The minimum atomic E-state index is -0.784. The average molecular weight is 501 g/mol. The summed E-state index contributed by atoms with van der Waals surface area (Å²) in [6, 6.07) is 9.38. The summed E-state index contributed by atoms with van der Waals surface area (Å²) >= 11 is 0. The Morgan fingerprint density at radius 2 is 1.72 bits per heavy atom. The maximum absolute atomic E-state index is 13.2. The topological polar surface area (TPSA) is 93.7 Å². The third-order valence-corrected chi connectivity index (χ3v) is 7.60. The lowest BCUT2D eigenvalue weighted by atomic mass is 9.72. The lowest BCUT2D eigenvalue weighted by Crippen LogP contribution is -2.59. The van der Waals surface area contributed by atoms with Crippen molar-refractivity contribution >= 4 is 11.8 Å². The molecule has 2 aliphatic rings. The lowest BCUT2D eigenvalue weighted by Gasteiger charge is -2.46. The second-order valence-corrected chi connectivity index (χ2v) is 11.6. The van der Waals surface area contributed by atoms with Crippen LogP contribution in [0.15, 0.2) is 30.3 Å². The van der Waals surface area contributed by atoms with Crippen LogP contribution in [0.3, 0.4) is 0 Å². The Kier molecular flexibility index (Phi) is 11.2. The van der Waals surface area contributed by atoms with Crippen molar-refractivity contribution < 1.29 is 14.7 Å². The van der Waals surface area contributed by atoms with Crippen molar-refractivity contribution in [3.63, 3.8) is 0 Å². The molecule has 1 aromatic rings. The molecule has 1 heterocycles. The highest BCUT2D eigenvalue weighted by molar-refractivity contribution is 5.82. The fourth-order valence-electron chi connectivity index (χ4n) is 5.81. The third-order valence-electron chi connectivity index (χ3n) is 7.60. The molecule has 1 saturated carbocycles. The minimum Gasteiger partial charge on any atom is -0.390 e. The average Bonchev–Trinajstić information content (AvgIpc) is 2.83. The number of carbonyl (C=O) groups excluding carboxylic acids is 2. The molecule has 0 spiro atoms. The van der Waals surface area contributed by atoms with Gasteiger partial charge in [0.2, 0.25) is 11.8 Å². The summed E-state index contributed by atoms with van der Waals surface area (Å²) in [6.45, 7) is 10.4. The molecule has 3 rings (SSSR count). The molecule has 36 heavy (non-hydrogen) atoms. The van der Waals surface area contributed by atoms with Crippen molar-refractivity contribution in [2.45, 2.75) is 90.4 Å². The maximum atomic E-state index is 13.2. The van der Waals surface area contributed by atoms with E-state index in [9.17, 15) is 14.7 Å². The molecule has 7 heteroatoms. The predicted molar refractivity (Wildman–Crippen MR) is 144 cm³/mol. The van der Waals surface area contributed by atoms with E-state index in [4.69, 9.17) is 0 Å². The number of nitrogens with one attached hydrogen (secondary N) is 3. The highest BCUT2D eigenvalue weighted by Gasteiger charge is 2.41. The number of hydrogen-bond donors (Lipinski definition) is 4. The number of fused-ring (bicyclic) bond motifs is 1. The van der Waals surface area contributed by atoms with E-state index >= 15 is 0 Å². The Labute approximate surface area is 217 Å². The van der Waals surface area contributed by atoms with E-state index in [1.807, 2.05) is 44.2 Å². The molecular formula is C29H48N4O3. The van der Waals surface area contributed by atoms with Gasteiger partial charge in [0.1, 0.15) is 0 Å². The van der Waals surface area contributed by atoms with Crippen LogP contribution in [-0.2, 0) is 16.0 Å².